The van der Waals surface area contributed by atoms with Crippen LogP contribution in [0.5, 0.6) is 0 Å². The average molecular weight is 305 g/mol. The van der Waals surface area contributed by atoms with E-state index in [0.717, 1.165) is 26.1 Å². The molecule has 120 valence electrons. The third-order valence-electron chi connectivity index (χ3n) is 4.44. The van der Waals surface area contributed by atoms with Crippen LogP contribution in [-0.4, -0.2) is 82.5 Å². The Hall–Kier alpha value is -1.89. The number of H-pyrrole nitrogens is 1. The fourth-order valence-corrected chi connectivity index (χ4v) is 3.15. The van der Waals surface area contributed by atoms with Gasteiger partial charge in [0.25, 0.3) is 5.91 Å². The first-order chi connectivity index (χ1) is 10.7. The summed E-state index contributed by atoms with van der Waals surface area (Å²) >= 11 is 0. The molecule has 1 N–H and O–H groups in total. The Kier molecular flexibility index (Phi) is 4.72. The summed E-state index contributed by atoms with van der Waals surface area (Å²) in [7, 11) is 0. The minimum absolute atomic E-state index is 0.0115. The van der Waals surface area contributed by atoms with E-state index in [1.807, 2.05) is 9.80 Å². The van der Waals surface area contributed by atoms with Crippen LogP contribution in [0.1, 0.15) is 29.6 Å². The van der Waals surface area contributed by atoms with Gasteiger partial charge in [-0.25, -0.2) is 0 Å². The first-order valence-corrected chi connectivity index (χ1v) is 8.02. The molecule has 3 rings (SSSR count). The monoisotopic (exact) mass is 305 g/mol. The number of rotatable bonds is 3. The molecular formula is C15H23N5O2. The Bertz CT molecular complexity index is 510. The van der Waals surface area contributed by atoms with Crippen molar-refractivity contribution in [3.63, 3.8) is 0 Å². The zero-order chi connectivity index (χ0) is 15.4. The molecule has 7 heteroatoms. The van der Waals surface area contributed by atoms with E-state index in [1.165, 1.54) is 12.8 Å². The van der Waals surface area contributed by atoms with Crippen LogP contribution in [0.15, 0.2) is 12.4 Å². The van der Waals surface area contributed by atoms with Crippen LogP contribution in [0, 0.1) is 0 Å². The largest absolute Gasteiger partial charge is 0.340 e. The molecule has 1 aromatic heterocycles. The van der Waals surface area contributed by atoms with E-state index in [1.54, 1.807) is 12.4 Å². The minimum atomic E-state index is -0.0115. The van der Waals surface area contributed by atoms with E-state index in [0.29, 0.717) is 31.7 Å². The molecule has 2 amide bonds. The van der Waals surface area contributed by atoms with Gasteiger partial charge in [0.15, 0.2) is 0 Å². The zero-order valence-corrected chi connectivity index (χ0v) is 12.8. The van der Waals surface area contributed by atoms with Crippen molar-refractivity contribution in [3.8, 4) is 0 Å². The summed E-state index contributed by atoms with van der Waals surface area (Å²) in [6.07, 6.45) is 6.38. The van der Waals surface area contributed by atoms with Crippen molar-refractivity contribution in [3.05, 3.63) is 18.0 Å². The van der Waals surface area contributed by atoms with E-state index in [4.69, 9.17) is 0 Å². The van der Waals surface area contributed by atoms with Gasteiger partial charge in [-0.05, 0) is 32.4 Å². The van der Waals surface area contributed by atoms with E-state index < -0.39 is 0 Å². The van der Waals surface area contributed by atoms with Crippen LogP contribution in [0.4, 0.5) is 0 Å². The van der Waals surface area contributed by atoms with Crippen molar-refractivity contribution in [2.75, 3.05) is 45.8 Å². The van der Waals surface area contributed by atoms with Gasteiger partial charge in [0, 0.05) is 32.4 Å². The molecule has 3 heterocycles. The van der Waals surface area contributed by atoms with Gasteiger partial charge in [0.1, 0.15) is 0 Å². The number of aromatic nitrogens is 2. The van der Waals surface area contributed by atoms with Crippen LogP contribution in [-0.2, 0) is 4.79 Å². The number of hydrogen-bond acceptors (Lipinski definition) is 4. The summed E-state index contributed by atoms with van der Waals surface area (Å²) in [5, 5.41) is 6.48. The summed E-state index contributed by atoms with van der Waals surface area (Å²) in [6.45, 7) is 5.23. The first-order valence-electron chi connectivity index (χ1n) is 8.02. The molecular weight excluding hydrogens is 282 g/mol. The van der Waals surface area contributed by atoms with Crippen molar-refractivity contribution < 1.29 is 9.59 Å². The SMILES string of the molecule is O=C(CN1CCCC1)N1CCCN(C(=O)c2cn[nH]c2)CC1. The smallest absolute Gasteiger partial charge is 0.257 e. The van der Waals surface area contributed by atoms with Gasteiger partial charge in [-0.15, -0.1) is 0 Å². The zero-order valence-electron chi connectivity index (χ0n) is 12.8. The number of nitrogens with zero attached hydrogens (tertiary/aromatic N) is 4. The number of aromatic amines is 1. The van der Waals surface area contributed by atoms with Crippen LogP contribution >= 0.6 is 0 Å². The molecule has 2 aliphatic rings. The summed E-state index contributed by atoms with van der Waals surface area (Å²) in [5.74, 6) is 0.183. The molecule has 22 heavy (non-hydrogen) atoms. The van der Waals surface area contributed by atoms with Gasteiger partial charge in [-0.2, -0.15) is 5.10 Å². The van der Waals surface area contributed by atoms with Crippen molar-refractivity contribution in [2.45, 2.75) is 19.3 Å². The molecule has 0 spiro atoms. The fourth-order valence-electron chi connectivity index (χ4n) is 3.15. The van der Waals surface area contributed by atoms with E-state index in [2.05, 4.69) is 15.1 Å². The Labute approximate surface area is 130 Å². The third kappa shape index (κ3) is 3.47. The summed E-state index contributed by atoms with van der Waals surface area (Å²) in [5.41, 5.74) is 0.580. The number of nitrogens with one attached hydrogen (secondary N) is 1. The molecule has 0 aromatic carbocycles. The number of amides is 2. The van der Waals surface area contributed by atoms with Crippen molar-refractivity contribution in [1.29, 1.82) is 0 Å². The molecule has 7 nitrogen and oxygen atoms in total. The van der Waals surface area contributed by atoms with Gasteiger partial charge in [-0.1, -0.05) is 0 Å². The van der Waals surface area contributed by atoms with Crippen molar-refractivity contribution in [2.24, 2.45) is 0 Å². The standard InChI is InChI=1S/C15H23N5O2/c21-14(12-18-4-1-2-5-18)19-6-3-7-20(9-8-19)15(22)13-10-16-17-11-13/h10-11H,1-9,12H2,(H,16,17). The van der Waals surface area contributed by atoms with E-state index in [9.17, 15) is 9.59 Å². The Balaban J connectivity index is 1.53. The number of likely N-dealkylation sites (tertiary alicyclic amines) is 1. The van der Waals surface area contributed by atoms with E-state index in [-0.39, 0.29) is 11.8 Å². The predicted octanol–water partition coefficient (Wildman–Crippen LogP) is 0.180. The molecule has 2 saturated heterocycles. The molecule has 0 saturated carbocycles. The second-order valence-corrected chi connectivity index (χ2v) is 6.00. The summed E-state index contributed by atoms with van der Waals surface area (Å²) in [4.78, 5) is 30.6. The van der Waals surface area contributed by atoms with E-state index >= 15 is 0 Å². The fraction of sp³-hybridized carbons (Fsp3) is 0.667. The second kappa shape index (κ2) is 6.91. The lowest BCUT2D eigenvalue weighted by atomic mass is 10.3. The Morgan fingerprint density at radius 3 is 2.45 bits per heavy atom. The number of carbonyl (C=O) groups is 2. The lowest BCUT2D eigenvalue weighted by Crippen LogP contribution is -2.41. The Morgan fingerprint density at radius 2 is 1.73 bits per heavy atom. The molecule has 0 aliphatic carbocycles. The lowest BCUT2D eigenvalue weighted by molar-refractivity contribution is -0.132. The first kappa shape index (κ1) is 15.0. The second-order valence-electron chi connectivity index (χ2n) is 6.00. The van der Waals surface area contributed by atoms with Crippen molar-refractivity contribution in [1.82, 2.24) is 24.9 Å². The number of hydrogen-bond donors (Lipinski definition) is 1. The van der Waals surface area contributed by atoms with Gasteiger partial charge in [0.05, 0.1) is 18.3 Å². The Morgan fingerprint density at radius 1 is 1.00 bits per heavy atom. The maximum atomic E-state index is 12.4. The van der Waals surface area contributed by atoms with Crippen LogP contribution in [0.2, 0.25) is 0 Å². The van der Waals surface area contributed by atoms with Crippen LogP contribution in [0.25, 0.3) is 0 Å². The quantitative estimate of drug-likeness (QED) is 0.865. The maximum Gasteiger partial charge on any atom is 0.257 e. The predicted molar refractivity (Wildman–Crippen MR) is 81.4 cm³/mol. The molecule has 2 aliphatic heterocycles. The average Bonchev–Trinajstić information content (AvgIpc) is 3.16. The topological polar surface area (TPSA) is 72.5 Å². The highest BCUT2D eigenvalue weighted by Crippen LogP contribution is 2.11. The molecule has 0 bridgehead atoms. The van der Waals surface area contributed by atoms with Crippen LogP contribution < -0.4 is 0 Å². The molecule has 0 radical (unpaired) electrons. The highest BCUT2D eigenvalue weighted by Gasteiger charge is 2.24. The third-order valence-corrected chi connectivity index (χ3v) is 4.44. The summed E-state index contributed by atoms with van der Waals surface area (Å²) < 4.78 is 0. The highest BCUT2D eigenvalue weighted by atomic mass is 16.2. The lowest BCUT2D eigenvalue weighted by Gasteiger charge is -2.24. The maximum absolute atomic E-state index is 12.4. The molecule has 1 aromatic rings. The summed E-state index contributed by atoms with van der Waals surface area (Å²) in [6, 6.07) is 0. The normalized spacial score (nSPS) is 20.2. The van der Waals surface area contributed by atoms with Gasteiger partial charge >= 0.3 is 0 Å². The minimum Gasteiger partial charge on any atom is -0.340 e. The van der Waals surface area contributed by atoms with Gasteiger partial charge in [0.2, 0.25) is 5.91 Å². The van der Waals surface area contributed by atoms with Gasteiger partial charge in [-0.3, -0.25) is 19.6 Å². The van der Waals surface area contributed by atoms with Crippen molar-refractivity contribution >= 4 is 11.8 Å². The number of carbonyl (C=O) groups excluding carboxylic acids is 2. The molecule has 0 unspecified atom stereocenters. The highest BCUT2D eigenvalue weighted by molar-refractivity contribution is 5.93. The molecule has 2 fully saturated rings. The van der Waals surface area contributed by atoms with Crippen LogP contribution in [0.3, 0.4) is 0 Å². The molecule has 0 atom stereocenters. The van der Waals surface area contributed by atoms with Gasteiger partial charge < -0.3 is 9.80 Å².